The first kappa shape index (κ1) is 11.2. The maximum absolute atomic E-state index is 9.17. The van der Waals surface area contributed by atoms with Crippen LogP contribution in [0.1, 0.15) is 43.7 Å². The van der Waals surface area contributed by atoms with E-state index in [2.05, 4.69) is 32.0 Å². The third-order valence-corrected chi connectivity index (χ3v) is 4.06. The van der Waals surface area contributed by atoms with Crippen LogP contribution >= 0.6 is 0 Å². The molecule has 1 aromatic carbocycles. The highest BCUT2D eigenvalue weighted by Crippen LogP contribution is 2.43. The first-order valence-electron chi connectivity index (χ1n) is 5.84. The molecule has 0 heterocycles. The summed E-state index contributed by atoms with van der Waals surface area (Å²) in [6, 6.07) is 10.8. The van der Waals surface area contributed by atoms with Gasteiger partial charge >= 0.3 is 0 Å². The van der Waals surface area contributed by atoms with E-state index in [0.717, 1.165) is 12.8 Å². The first-order chi connectivity index (χ1) is 7.59. The van der Waals surface area contributed by atoms with Gasteiger partial charge in [-0.05, 0) is 30.9 Å². The van der Waals surface area contributed by atoms with Gasteiger partial charge in [-0.3, -0.25) is 0 Å². The Labute approximate surface area is 97.1 Å². The quantitative estimate of drug-likeness (QED) is 0.781. The molecule has 0 amide bonds. The number of nitrogens with zero attached hydrogens (tertiary/aromatic N) is 1. The van der Waals surface area contributed by atoms with Crippen molar-refractivity contribution >= 4 is 0 Å². The average molecular weight is 214 g/mol. The number of hydrogen-bond acceptors (Lipinski definition) is 2. The minimum absolute atomic E-state index is 0.0178. The molecule has 1 aromatic rings. The molecule has 2 rings (SSSR count). The molecule has 3 atom stereocenters. The summed E-state index contributed by atoms with van der Waals surface area (Å²) in [6.45, 7) is 4.27. The number of nitriles is 1. The second-order valence-corrected chi connectivity index (χ2v) is 5.01. The van der Waals surface area contributed by atoms with Crippen LogP contribution in [0.25, 0.3) is 0 Å². The van der Waals surface area contributed by atoms with Gasteiger partial charge in [-0.15, -0.1) is 0 Å². The lowest BCUT2D eigenvalue weighted by Gasteiger charge is -2.40. The number of hydrogen-bond donors (Lipinski definition) is 1. The van der Waals surface area contributed by atoms with Gasteiger partial charge < -0.3 is 5.73 Å². The fraction of sp³-hybridized carbons (Fsp3) is 0.500. The Morgan fingerprint density at radius 1 is 1.50 bits per heavy atom. The molecule has 0 saturated carbocycles. The van der Waals surface area contributed by atoms with Gasteiger partial charge in [-0.25, -0.2) is 0 Å². The Balaban J connectivity index is 2.56. The van der Waals surface area contributed by atoms with Gasteiger partial charge in [0.15, 0.2) is 0 Å². The highest BCUT2D eigenvalue weighted by atomic mass is 14.7. The maximum atomic E-state index is 9.17. The van der Waals surface area contributed by atoms with E-state index in [-0.39, 0.29) is 17.4 Å². The minimum atomic E-state index is 0.0178. The van der Waals surface area contributed by atoms with Gasteiger partial charge in [0.05, 0.1) is 12.0 Å². The molecule has 2 heteroatoms. The standard InChI is InChI=1S/C14H18N2/c1-10(16)14(2)8-7-11(9-15)12-5-3-4-6-13(12)14/h3-6,10-11H,7-8,16H2,1-2H3. The molecule has 3 unspecified atom stereocenters. The molecule has 0 bridgehead atoms. The third-order valence-electron chi connectivity index (χ3n) is 4.06. The second kappa shape index (κ2) is 3.92. The van der Waals surface area contributed by atoms with Crippen molar-refractivity contribution in [1.29, 1.82) is 5.26 Å². The molecule has 2 nitrogen and oxygen atoms in total. The van der Waals surface area contributed by atoms with Gasteiger partial charge in [0.1, 0.15) is 0 Å². The van der Waals surface area contributed by atoms with Crippen LogP contribution < -0.4 is 5.73 Å². The van der Waals surface area contributed by atoms with Crippen LogP contribution in [-0.4, -0.2) is 6.04 Å². The van der Waals surface area contributed by atoms with Crippen LogP contribution in [0.2, 0.25) is 0 Å². The summed E-state index contributed by atoms with van der Waals surface area (Å²) in [5.74, 6) is 0.0445. The van der Waals surface area contributed by atoms with Crippen LogP contribution in [0.3, 0.4) is 0 Å². The van der Waals surface area contributed by atoms with E-state index in [1.54, 1.807) is 0 Å². The zero-order chi connectivity index (χ0) is 11.8. The van der Waals surface area contributed by atoms with Crippen LogP contribution in [0.4, 0.5) is 0 Å². The summed E-state index contributed by atoms with van der Waals surface area (Å²) in [4.78, 5) is 0. The molecular weight excluding hydrogens is 196 g/mol. The lowest BCUT2D eigenvalue weighted by Crippen LogP contribution is -2.43. The van der Waals surface area contributed by atoms with Crippen molar-refractivity contribution < 1.29 is 0 Å². The van der Waals surface area contributed by atoms with Gasteiger partial charge in [-0.2, -0.15) is 5.26 Å². The summed E-state index contributed by atoms with van der Waals surface area (Å²) < 4.78 is 0. The van der Waals surface area contributed by atoms with Crippen molar-refractivity contribution in [3.05, 3.63) is 35.4 Å². The van der Waals surface area contributed by atoms with Crippen molar-refractivity contribution in [2.24, 2.45) is 5.73 Å². The maximum Gasteiger partial charge on any atom is 0.0715 e. The molecule has 0 radical (unpaired) electrons. The second-order valence-electron chi connectivity index (χ2n) is 5.01. The molecule has 0 fully saturated rings. The highest BCUT2D eigenvalue weighted by molar-refractivity contribution is 5.42. The van der Waals surface area contributed by atoms with E-state index >= 15 is 0 Å². The van der Waals surface area contributed by atoms with Gasteiger partial charge in [0, 0.05) is 11.5 Å². The lowest BCUT2D eigenvalue weighted by molar-refractivity contribution is 0.329. The fourth-order valence-corrected chi connectivity index (χ4v) is 2.66. The van der Waals surface area contributed by atoms with E-state index in [1.165, 1.54) is 11.1 Å². The Morgan fingerprint density at radius 3 is 2.81 bits per heavy atom. The van der Waals surface area contributed by atoms with Gasteiger partial charge in [-0.1, -0.05) is 31.2 Å². The molecule has 0 aromatic heterocycles. The topological polar surface area (TPSA) is 49.8 Å². The van der Waals surface area contributed by atoms with E-state index < -0.39 is 0 Å². The highest BCUT2D eigenvalue weighted by Gasteiger charge is 2.38. The zero-order valence-corrected chi connectivity index (χ0v) is 9.90. The number of nitrogens with two attached hydrogens (primary N) is 1. The minimum Gasteiger partial charge on any atom is -0.327 e. The van der Waals surface area contributed by atoms with Gasteiger partial charge in [0.25, 0.3) is 0 Å². The Hall–Kier alpha value is -1.33. The van der Waals surface area contributed by atoms with Crippen LogP contribution in [0.15, 0.2) is 24.3 Å². The van der Waals surface area contributed by atoms with E-state index in [0.29, 0.717) is 0 Å². The predicted molar refractivity (Wildman–Crippen MR) is 65.0 cm³/mol. The summed E-state index contributed by atoms with van der Waals surface area (Å²) in [5.41, 5.74) is 8.58. The lowest BCUT2D eigenvalue weighted by atomic mass is 9.65. The summed E-state index contributed by atoms with van der Waals surface area (Å²) in [6.07, 6.45) is 1.92. The molecule has 16 heavy (non-hydrogen) atoms. The largest absolute Gasteiger partial charge is 0.327 e. The molecule has 84 valence electrons. The van der Waals surface area contributed by atoms with Crippen molar-refractivity contribution in [2.75, 3.05) is 0 Å². The van der Waals surface area contributed by atoms with E-state index in [4.69, 9.17) is 11.0 Å². The normalized spacial score (nSPS) is 30.2. The predicted octanol–water partition coefficient (Wildman–Crippen LogP) is 2.69. The van der Waals surface area contributed by atoms with Crippen molar-refractivity contribution in [1.82, 2.24) is 0 Å². The smallest absolute Gasteiger partial charge is 0.0715 e. The zero-order valence-electron chi connectivity index (χ0n) is 9.90. The molecule has 0 saturated heterocycles. The molecular formula is C14H18N2. The molecule has 2 N–H and O–H groups in total. The molecule has 0 spiro atoms. The van der Waals surface area contributed by atoms with Crippen molar-refractivity contribution in [2.45, 2.75) is 44.1 Å². The first-order valence-corrected chi connectivity index (χ1v) is 5.84. The molecule has 0 aliphatic heterocycles. The third kappa shape index (κ3) is 1.52. The van der Waals surface area contributed by atoms with Crippen LogP contribution in [-0.2, 0) is 5.41 Å². The Bertz CT molecular complexity index is 431. The molecule has 1 aliphatic rings. The average Bonchev–Trinajstić information content (AvgIpc) is 2.30. The van der Waals surface area contributed by atoms with Crippen molar-refractivity contribution in [3.8, 4) is 6.07 Å². The van der Waals surface area contributed by atoms with Crippen LogP contribution in [0.5, 0.6) is 0 Å². The summed E-state index contributed by atoms with van der Waals surface area (Å²) >= 11 is 0. The van der Waals surface area contributed by atoms with Crippen molar-refractivity contribution in [3.63, 3.8) is 0 Å². The number of benzene rings is 1. The SMILES string of the molecule is CC(N)C1(C)CCC(C#N)c2ccccc21. The fourth-order valence-electron chi connectivity index (χ4n) is 2.66. The van der Waals surface area contributed by atoms with Crippen LogP contribution in [0, 0.1) is 11.3 Å². The van der Waals surface area contributed by atoms with Gasteiger partial charge in [0.2, 0.25) is 0 Å². The van der Waals surface area contributed by atoms with E-state index in [1.807, 2.05) is 12.1 Å². The summed E-state index contributed by atoms with van der Waals surface area (Å²) in [5, 5.41) is 9.17. The monoisotopic (exact) mass is 214 g/mol. The van der Waals surface area contributed by atoms with E-state index in [9.17, 15) is 0 Å². The summed E-state index contributed by atoms with van der Waals surface area (Å²) in [7, 11) is 0. The molecule has 1 aliphatic carbocycles. The Kier molecular flexibility index (Phi) is 2.73. The number of rotatable bonds is 1. The Morgan fingerprint density at radius 2 is 2.19 bits per heavy atom. The number of fused-ring (bicyclic) bond motifs is 1.